The van der Waals surface area contributed by atoms with Crippen molar-refractivity contribution >= 4 is 25.5 Å². The minimum absolute atomic E-state index is 0.230. The van der Waals surface area contributed by atoms with Gasteiger partial charge in [-0.15, -0.1) is 0 Å². The molecule has 1 aromatic carbocycles. The minimum atomic E-state index is -2.18. The Morgan fingerprint density at radius 1 is 1.25 bits per heavy atom. The molecule has 0 saturated heterocycles. The Morgan fingerprint density at radius 3 is 2.30 bits per heavy atom. The highest BCUT2D eigenvalue weighted by Gasteiger charge is 2.41. The van der Waals surface area contributed by atoms with Crippen LogP contribution in [0.2, 0.25) is 13.1 Å². The molecule has 4 nitrogen and oxygen atoms in total. The van der Waals surface area contributed by atoms with Crippen molar-refractivity contribution in [3.05, 3.63) is 41.0 Å². The third-order valence-electron chi connectivity index (χ3n) is 3.32. The summed E-state index contributed by atoms with van der Waals surface area (Å²) < 4.78 is 10.4. The number of hydrogen-bond donors (Lipinski definition) is 0. The van der Waals surface area contributed by atoms with E-state index in [9.17, 15) is 9.59 Å². The van der Waals surface area contributed by atoms with E-state index in [1.165, 1.54) is 0 Å². The molecule has 0 bridgehead atoms. The summed E-state index contributed by atoms with van der Waals surface area (Å²) in [5.41, 5.74) is 2.13. The summed E-state index contributed by atoms with van der Waals surface area (Å²) in [6.45, 7) is 7.91. The first-order chi connectivity index (χ1) is 9.36. The fraction of sp³-hybridized carbons (Fsp3) is 0.333. The Kier molecular flexibility index (Phi) is 3.81. The van der Waals surface area contributed by atoms with Crippen LogP contribution >= 0.6 is 0 Å². The van der Waals surface area contributed by atoms with Gasteiger partial charge < -0.3 is 9.16 Å². The largest absolute Gasteiger partial charge is 0.512 e. The number of carbonyl (C=O) groups excluding carboxylic acids is 2. The van der Waals surface area contributed by atoms with Crippen LogP contribution in [0.4, 0.5) is 0 Å². The molecule has 0 N–H and O–H groups in total. The predicted molar refractivity (Wildman–Crippen MR) is 78.6 cm³/mol. The van der Waals surface area contributed by atoms with Crippen molar-refractivity contribution in [3.8, 4) is 0 Å². The van der Waals surface area contributed by atoms with Gasteiger partial charge in [0.1, 0.15) is 0 Å². The molecule has 0 unspecified atom stereocenters. The summed E-state index contributed by atoms with van der Waals surface area (Å²) >= 11 is 0. The average molecular weight is 290 g/mol. The van der Waals surface area contributed by atoms with Gasteiger partial charge in [0.2, 0.25) is 0 Å². The lowest BCUT2D eigenvalue weighted by Gasteiger charge is -2.18. The Hall–Kier alpha value is -1.88. The van der Waals surface area contributed by atoms with Gasteiger partial charge in [0.25, 0.3) is 8.32 Å². The molecule has 2 rings (SSSR count). The maximum atomic E-state index is 11.7. The van der Waals surface area contributed by atoms with Crippen molar-refractivity contribution in [2.75, 3.05) is 6.61 Å². The van der Waals surface area contributed by atoms with Crippen molar-refractivity contribution in [1.82, 2.24) is 0 Å². The first-order valence-corrected chi connectivity index (χ1v) is 9.50. The first kappa shape index (κ1) is 14.5. The molecule has 106 valence electrons. The van der Waals surface area contributed by atoms with Crippen LogP contribution in [0.5, 0.6) is 0 Å². The fourth-order valence-electron chi connectivity index (χ4n) is 2.46. The molecule has 1 heterocycles. The molecule has 0 aliphatic carbocycles. The smallest absolute Gasteiger partial charge is 0.338 e. The molecule has 0 spiro atoms. The van der Waals surface area contributed by atoms with Crippen molar-refractivity contribution in [3.63, 3.8) is 0 Å². The van der Waals surface area contributed by atoms with Gasteiger partial charge in [0, 0.05) is 5.57 Å². The number of rotatable bonds is 3. The van der Waals surface area contributed by atoms with E-state index in [0.29, 0.717) is 17.7 Å². The van der Waals surface area contributed by atoms with Gasteiger partial charge in [-0.3, -0.25) is 0 Å². The fourth-order valence-corrected chi connectivity index (χ4v) is 5.05. The van der Waals surface area contributed by atoms with Crippen LogP contribution in [0.25, 0.3) is 5.20 Å². The summed E-state index contributed by atoms with van der Waals surface area (Å²) in [6.07, 6.45) is 0. The molecule has 5 heteroatoms. The van der Waals surface area contributed by atoms with E-state index in [0.717, 1.165) is 10.8 Å². The molecule has 1 aromatic rings. The number of benzene rings is 1. The minimum Gasteiger partial charge on any atom is -0.512 e. The zero-order valence-electron chi connectivity index (χ0n) is 12.1. The highest BCUT2D eigenvalue weighted by atomic mass is 28.4. The monoisotopic (exact) mass is 290 g/mol. The molecular weight excluding hydrogens is 272 g/mol. The SMILES string of the molecule is CCOC(=O)c1ccc(C2=C(C)C(=O)O[Si]2(C)C)cc1. The molecule has 0 amide bonds. The topological polar surface area (TPSA) is 52.6 Å². The van der Waals surface area contributed by atoms with Crippen molar-refractivity contribution in [2.45, 2.75) is 26.9 Å². The van der Waals surface area contributed by atoms with Crippen LogP contribution in [0.15, 0.2) is 29.8 Å². The second-order valence-corrected chi connectivity index (χ2v) is 8.92. The van der Waals surface area contributed by atoms with Crippen LogP contribution in [0, 0.1) is 0 Å². The Balaban J connectivity index is 2.35. The average Bonchev–Trinajstić information content (AvgIpc) is 2.59. The third kappa shape index (κ3) is 2.53. The summed E-state index contributed by atoms with van der Waals surface area (Å²) in [4.78, 5) is 23.3. The van der Waals surface area contributed by atoms with Gasteiger partial charge >= 0.3 is 11.9 Å². The lowest BCUT2D eigenvalue weighted by Crippen LogP contribution is -2.29. The van der Waals surface area contributed by atoms with Crippen molar-refractivity contribution in [1.29, 1.82) is 0 Å². The number of carbonyl (C=O) groups is 2. The van der Waals surface area contributed by atoms with E-state index < -0.39 is 8.32 Å². The van der Waals surface area contributed by atoms with Crippen LogP contribution in [-0.4, -0.2) is 26.9 Å². The highest BCUT2D eigenvalue weighted by molar-refractivity contribution is 6.93. The van der Waals surface area contributed by atoms with E-state index in [4.69, 9.17) is 9.16 Å². The van der Waals surface area contributed by atoms with E-state index >= 15 is 0 Å². The highest BCUT2D eigenvalue weighted by Crippen LogP contribution is 2.36. The van der Waals surface area contributed by atoms with Gasteiger partial charge in [-0.2, -0.15) is 0 Å². The van der Waals surface area contributed by atoms with E-state index in [1.54, 1.807) is 26.0 Å². The molecule has 1 aliphatic rings. The normalized spacial score (nSPS) is 17.1. The summed E-state index contributed by atoms with van der Waals surface area (Å²) in [7, 11) is -2.18. The Bertz CT molecular complexity index is 584. The lowest BCUT2D eigenvalue weighted by molar-refractivity contribution is -0.129. The maximum absolute atomic E-state index is 11.7. The van der Waals surface area contributed by atoms with Crippen LogP contribution < -0.4 is 0 Å². The molecule has 0 saturated carbocycles. The number of hydrogen-bond acceptors (Lipinski definition) is 4. The van der Waals surface area contributed by atoms with Gasteiger partial charge in [-0.05, 0) is 49.8 Å². The second kappa shape index (κ2) is 5.24. The number of ether oxygens (including phenoxy) is 1. The quantitative estimate of drug-likeness (QED) is 0.634. The second-order valence-electron chi connectivity index (χ2n) is 5.20. The summed E-state index contributed by atoms with van der Waals surface area (Å²) in [6, 6.07) is 7.14. The van der Waals surface area contributed by atoms with E-state index in [-0.39, 0.29) is 11.9 Å². The van der Waals surface area contributed by atoms with Crippen molar-refractivity contribution in [2.24, 2.45) is 0 Å². The number of esters is 1. The molecule has 0 atom stereocenters. The molecule has 0 fully saturated rings. The standard InChI is InChI=1S/C15H18O4Si/c1-5-18-15(17)12-8-6-11(7-9-12)13-10(2)14(16)19-20(13,3)4/h6-9H,5H2,1-4H3. The zero-order valence-corrected chi connectivity index (χ0v) is 13.1. The van der Waals surface area contributed by atoms with Gasteiger partial charge in [0.05, 0.1) is 12.2 Å². The predicted octanol–water partition coefficient (Wildman–Crippen LogP) is 2.94. The summed E-state index contributed by atoms with van der Waals surface area (Å²) in [5.74, 6) is -0.564. The molecular formula is C15H18O4Si. The van der Waals surface area contributed by atoms with Crippen molar-refractivity contribution < 1.29 is 18.8 Å². The third-order valence-corrected chi connectivity index (χ3v) is 5.88. The van der Waals surface area contributed by atoms with Crippen LogP contribution in [-0.2, 0) is 14.0 Å². The van der Waals surface area contributed by atoms with Crippen LogP contribution in [0.3, 0.4) is 0 Å². The van der Waals surface area contributed by atoms with E-state index in [2.05, 4.69) is 0 Å². The Morgan fingerprint density at radius 2 is 1.85 bits per heavy atom. The van der Waals surface area contributed by atoms with Gasteiger partial charge in [-0.1, -0.05) is 12.1 Å². The maximum Gasteiger partial charge on any atom is 0.338 e. The van der Waals surface area contributed by atoms with E-state index in [1.807, 2.05) is 25.2 Å². The summed E-state index contributed by atoms with van der Waals surface area (Å²) in [5, 5.41) is 0.998. The molecule has 1 aliphatic heterocycles. The molecule has 20 heavy (non-hydrogen) atoms. The Labute approximate surface area is 119 Å². The molecule has 0 aromatic heterocycles. The lowest BCUT2D eigenvalue weighted by atomic mass is 10.1. The van der Waals surface area contributed by atoms with Gasteiger partial charge in [-0.25, -0.2) is 9.59 Å². The molecule has 0 radical (unpaired) electrons. The first-order valence-electron chi connectivity index (χ1n) is 6.59. The van der Waals surface area contributed by atoms with Gasteiger partial charge in [0.15, 0.2) is 0 Å². The van der Waals surface area contributed by atoms with Crippen LogP contribution in [0.1, 0.15) is 29.8 Å². The zero-order chi connectivity index (χ0) is 14.9.